The van der Waals surface area contributed by atoms with Crippen LogP contribution >= 0.6 is 0 Å². The van der Waals surface area contributed by atoms with Crippen molar-refractivity contribution >= 4 is 12.1 Å². The molecule has 5 heteroatoms. The van der Waals surface area contributed by atoms with E-state index in [-0.39, 0.29) is 12.5 Å². The van der Waals surface area contributed by atoms with Crippen molar-refractivity contribution in [2.45, 2.75) is 13.8 Å². The van der Waals surface area contributed by atoms with E-state index in [0.29, 0.717) is 11.5 Å². The lowest BCUT2D eigenvalue weighted by Gasteiger charge is -2.07. The third-order valence-corrected chi connectivity index (χ3v) is 2.59. The van der Waals surface area contributed by atoms with Gasteiger partial charge in [0.05, 0.1) is 6.21 Å². The highest BCUT2D eigenvalue weighted by atomic mass is 16.5. The Morgan fingerprint density at radius 1 is 1.30 bits per heavy atom. The molecule has 1 N–H and O–H groups in total. The number of aryl methyl sites for hydroxylation is 2. The van der Waals surface area contributed by atoms with Crippen molar-refractivity contribution < 1.29 is 13.9 Å². The third-order valence-electron chi connectivity index (χ3n) is 2.59. The van der Waals surface area contributed by atoms with E-state index in [1.165, 1.54) is 6.21 Å². The zero-order valence-electron chi connectivity index (χ0n) is 11.4. The minimum Gasteiger partial charge on any atom is -0.483 e. The van der Waals surface area contributed by atoms with Crippen LogP contribution in [0.25, 0.3) is 0 Å². The molecular formula is C15H16N2O3. The van der Waals surface area contributed by atoms with Crippen molar-refractivity contribution in [3.05, 3.63) is 53.5 Å². The second-order valence-corrected chi connectivity index (χ2v) is 4.30. The van der Waals surface area contributed by atoms with Gasteiger partial charge in [0.25, 0.3) is 5.91 Å². The number of rotatable bonds is 5. The van der Waals surface area contributed by atoms with Gasteiger partial charge in [0.15, 0.2) is 6.61 Å². The lowest BCUT2D eigenvalue weighted by molar-refractivity contribution is -0.123. The first-order valence-corrected chi connectivity index (χ1v) is 6.22. The Hall–Kier alpha value is -2.56. The Balaban J connectivity index is 1.78. The number of nitrogens with one attached hydrogen (secondary N) is 1. The van der Waals surface area contributed by atoms with Crippen molar-refractivity contribution in [1.82, 2.24) is 5.43 Å². The summed E-state index contributed by atoms with van der Waals surface area (Å²) in [6.45, 7) is 3.68. The summed E-state index contributed by atoms with van der Waals surface area (Å²) in [4.78, 5) is 11.5. The van der Waals surface area contributed by atoms with E-state index in [1.807, 2.05) is 44.2 Å². The molecule has 0 aliphatic heterocycles. The van der Waals surface area contributed by atoms with Crippen LogP contribution in [0.3, 0.4) is 0 Å². The van der Waals surface area contributed by atoms with Gasteiger partial charge in [-0.1, -0.05) is 18.2 Å². The van der Waals surface area contributed by atoms with Crippen LogP contribution in [0, 0.1) is 13.8 Å². The highest BCUT2D eigenvalue weighted by Gasteiger charge is 2.03. The molecule has 1 heterocycles. The predicted molar refractivity (Wildman–Crippen MR) is 75.9 cm³/mol. The highest BCUT2D eigenvalue weighted by molar-refractivity contribution is 5.81. The van der Waals surface area contributed by atoms with E-state index in [4.69, 9.17) is 9.15 Å². The molecule has 0 fully saturated rings. The summed E-state index contributed by atoms with van der Waals surface area (Å²) in [5.74, 6) is 1.74. The Bertz CT molecular complexity index is 617. The van der Waals surface area contributed by atoms with Crippen LogP contribution in [0.4, 0.5) is 0 Å². The Kier molecular flexibility index (Phi) is 4.55. The molecule has 1 aromatic carbocycles. The van der Waals surface area contributed by atoms with Gasteiger partial charge in [0.2, 0.25) is 0 Å². The average molecular weight is 272 g/mol. The SMILES string of the molecule is Cc1ccc(/C=N\NC(=O)COc2ccccc2C)o1. The number of para-hydroxylation sites is 1. The second-order valence-electron chi connectivity index (χ2n) is 4.30. The van der Waals surface area contributed by atoms with Gasteiger partial charge in [0.1, 0.15) is 17.3 Å². The molecule has 0 unspecified atom stereocenters. The quantitative estimate of drug-likeness (QED) is 0.671. The van der Waals surface area contributed by atoms with Crippen LogP contribution < -0.4 is 10.2 Å². The fourth-order valence-electron chi connectivity index (χ4n) is 1.58. The molecule has 20 heavy (non-hydrogen) atoms. The van der Waals surface area contributed by atoms with Gasteiger partial charge in [0, 0.05) is 0 Å². The number of carbonyl (C=O) groups excluding carboxylic acids is 1. The fourth-order valence-corrected chi connectivity index (χ4v) is 1.58. The highest BCUT2D eigenvalue weighted by Crippen LogP contribution is 2.15. The van der Waals surface area contributed by atoms with Crippen LogP contribution in [0.5, 0.6) is 5.75 Å². The monoisotopic (exact) mass is 272 g/mol. The number of hydrogen-bond donors (Lipinski definition) is 1. The molecule has 2 aromatic rings. The molecular weight excluding hydrogens is 256 g/mol. The fraction of sp³-hybridized carbons (Fsp3) is 0.200. The molecule has 0 atom stereocenters. The summed E-state index contributed by atoms with van der Waals surface area (Å²) in [6.07, 6.45) is 1.44. The van der Waals surface area contributed by atoms with Gasteiger partial charge in [-0.15, -0.1) is 0 Å². The molecule has 0 saturated heterocycles. The van der Waals surface area contributed by atoms with Crippen molar-refractivity contribution in [3.8, 4) is 5.75 Å². The maximum Gasteiger partial charge on any atom is 0.277 e. The molecule has 0 bridgehead atoms. The molecule has 1 amide bonds. The summed E-state index contributed by atoms with van der Waals surface area (Å²) in [6, 6.07) is 11.1. The number of carbonyl (C=O) groups is 1. The summed E-state index contributed by atoms with van der Waals surface area (Å²) >= 11 is 0. The minimum atomic E-state index is -0.326. The Morgan fingerprint density at radius 2 is 2.10 bits per heavy atom. The molecule has 0 radical (unpaired) electrons. The largest absolute Gasteiger partial charge is 0.483 e. The van der Waals surface area contributed by atoms with Crippen LogP contribution in [0.2, 0.25) is 0 Å². The zero-order chi connectivity index (χ0) is 14.4. The summed E-state index contributed by atoms with van der Waals surface area (Å²) < 4.78 is 10.7. The number of benzene rings is 1. The van der Waals surface area contributed by atoms with Crippen molar-refractivity contribution in [1.29, 1.82) is 0 Å². The van der Waals surface area contributed by atoms with Gasteiger partial charge in [-0.25, -0.2) is 5.43 Å². The first kappa shape index (κ1) is 13.9. The van der Waals surface area contributed by atoms with Gasteiger partial charge in [-0.2, -0.15) is 5.10 Å². The number of hydrogen-bond acceptors (Lipinski definition) is 4. The normalized spacial score (nSPS) is 10.7. The molecule has 104 valence electrons. The van der Waals surface area contributed by atoms with Gasteiger partial charge in [-0.05, 0) is 37.6 Å². The zero-order valence-corrected chi connectivity index (χ0v) is 11.4. The number of hydrazone groups is 1. The molecule has 0 aliphatic rings. The number of nitrogens with zero attached hydrogens (tertiary/aromatic N) is 1. The van der Waals surface area contributed by atoms with E-state index in [2.05, 4.69) is 10.5 Å². The van der Waals surface area contributed by atoms with Gasteiger partial charge < -0.3 is 9.15 Å². The summed E-state index contributed by atoms with van der Waals surface area (Å²) in [5.41, 5.74) is 3.36. The lowest BCUT2D eigenvalue weighted by atomic mass is 10.2. The third kappa shape index (κ3) is 3.98. The summed E-state index contributed by atoms with van der Waals surface area (Å²) in [7, 11) is 0. The molecule has 0 spiro atoms. The van der Waals surface area contributed by atoms with E-state index < -0.39 is 0 Å². The Labute approximate surface area is 117 Å². The van der Waals surface area contributed by atoms with E-state index in [9.17, 15) is 4.79 Å². The second kappa shape index (κ2) is 6.56. The molecule has 5 nitrogen and oxygen atoms in total. The minimum absolute atomic E-state index is 0.0840. The van der Waals surface area contributed by atoms with Crippen LogP contribution in [-0.4, -0.2) is 18.7 Å². The molecule has 2 rings (SSSR count). The van der Waals surface area contributed by atoms with Crippen LogP contribution in [0.15, 0.2) is 45.9 Å². The summed E-state index contributed by atoms with van der Waals surface area (Å²) in [5, 5.41) is 3.79. The van der Waals surface area contributed by atoms with E-state index >= 15 is 0 Å². The molecule has 1 aromatic heterocycles. The Morgan fingerprint density at radius 3 is 2.80 bits per heavy atom. The van der Waals surface area contributed by atoms with Gasteiger partial charge in [-0.3, -0.25) is 4.79 Å². The van der Waals surface area contributed by atoms with Gasteiger partial charge >= 0.3 is 0 Å². The predicted octanol–water partition coefficient (Wildman–Crippen LogP) is 2.43. The van der Waals surface area contributed by atoms with Crippen LogP contribution in [0.1, 0.15) is 17.1 Å². The lowest BCUT2D eigenvalue weighted by Crippen LogP contribution is -2.24. The smallest absolute Gasteiger partial charge is 0.277 e. The van der Waals surface area contributed by atoms with E-state index in [1.54, 1.807) is 6.07 Å². The van der Waals surface area contributed by atoms with Crippen molar-refractivity contribution in [3.63, 3.8) is 0 Å². The maximum absolute atomic E-state index is 11.5. The topological polar surface area (TPSA) is 63.8 Å². The molecule has 0 aliphatic carbocycles. The van der Waals surface area contributed by atoms with Crippen molar-refractivity contribution in [2.75, 3.05) is 6.61 Å². The standard InChI is InChI=1S/C15H16N2O3/c1-11-5-3-4-6-14(11)19-10-15(18)17-16-9-13-8-7-12(2)20-13/h3-9H,10H2,1-2H3,(H,17,18)/b16-9-. The average Bonchev–Trinajstić information content (AvgIpc) is 2.83. The van der Waals surface area contributed by atoms with Crippen LogP contribution in [-0.2, 0) is 4.79 Å². The number of amides is 1. The first-order valence-electron chi connectivity index (χ1n) is 6.22. The first-order chi connectivity index (χ1) is 9.65. The number of ether oxygens (including phenoxy) is 1. The number of furan rings is 1. The molecule has 0 saturated carbocycles. The van der Waals surface area contributed by atoms with Crippen molar-refractivity contribution in [2.24, 2.45) is 5.10 Å². The maximum atomic E-state index is 11.5. The van der Waals surface area contributed by atoms with E-state index in [0.717, 1.165) is 11.3 Å².